The molecule has 0 bridgehead atoms. The number of H-pyrrole nitrogens is 1. The fourth-order valence-electron chi connectivity index (χ4n) is 1.23. The van der Waals surface area contributed by atoms with Gasteiger partial charge in [0, 0.05) is 19.3 Å². The summed E-state index contributed by atoms with van der Waals surface area (Å²) in [6.45, 7) is 5.45. The lowest BCUT2D eigenvalue weighted by molar-refractivity contribution is 0.0754. The smallest absolute Gasteiger partial charge is 0.254 e. The summed E-state index contributed by atoms with van der Waals surface area (Å²) in [5.41, 5.74) is 0.568. The number of hydrogen-bond donors (Lipinski definition) is 2. The summed E-state index contributed by atoms with van der Waals surface area (Å²) < 4.78 is 5.39. The van der Waals surface area contributed by atoms with Crippen molar-refractivity contribution in [3.63, 3.8) is 0 Å². The van der Waals surface area contributed by atoms with E-state index in [0.29, 0.717) is 12.1 Å². The number of carbonyl (C=O) groups is 1. The van der Waals surface area contributed by atoms with Crippen molar-refractivity contribution < 1.29 is 9.53 Å². The molecule has 0 fully saturated rings. The van der Waals surface area contributed by atoms with E-state index in [1.54, 1.807) is 6.20 Å². The summed E-state index contributed by atoms with van der Waals surface area (Å²) in [4.78, 5) is 11.4. The average molecular weight is 225 g/mol. The van der Waals surface area contributed by atoms with Crippen molar-refractivity contribution in [2.24, 2.45) is 0 Å². The van der Waals surface area contributed by atoms with Gasteiger partial charge in [0.2, 0.25) is 0 Å². The van der Waals surface area contributed by atoms with E-state index in [-0.39, 0.29) is 12.0 Å². The van der Waals surface area contributed by atoms with Crippen molar-refractivity contribution >= 4 is 5.91 Å². The number of unbranched alkanes of at least 4 members (excludes halogenated alkanes) is 1. The zero-order chi connectivity index (χ0) is 11.8. The van der Waals surface area contributed by atoms with E-state index in [1.165, 1.54) is 6.20 Å². The minimum absolute atomic E-state index is 0.0847. The van der Waals surface area contributed by atoms with Crippen LogP contribution in [0, 0.1) is 0 Å². The van der Waals surface area contributed by atoms with Crippen molar-refractivity contribution in [3.05, 3.63) is 18.0 Å². The Hall–Kier alpha value is -1.36. The highest BCUT2D eigenvalue weighted by Crippen LogP contribution is 1.95. The van der Waals surface area contributed by atoms with Gasteiger partial charge in [-0.1, -0.05) is 0 Å². The van der Waals surface area contributed by atoms with Crippen LogP contribution in [-0.2, 0) is 4.74 Å². The first kappa shape index (κ1) is 12.7. The highest BCUT2D eigenvalue weighted by Gasteiger charge is 2.04. The molecular weight excluding hydrogens is 206 g/mol. The number of carbonyl (C=O) groups excluding carboxylic acids is 1. The Morgan fingerprint density at radius 3 is 3.00 bits per heavy atom. The fourth-order valence-corrected chi connectivity index (χ4v) is 1.23. The predicted molar refractivity (Wildman–Crippen MR) is 61.2 cm³/mol. The van der Waals surface area contributed by atoms with Gasteiger partial charge in [-0.25, -0.2) is 0 Å². The molecule has 0 saturated heterocycles. The third kappa shape index (κ3) is 4.93. The van der Waals surface area contributed by atoms with Crippen LogP contribution in [-0.4, -0.2) is 35.4 Å². The van der Waals surface area contributed by atoms with E-state index in [9.17, 15) is 4.79 Å². The number of nitrogens with one attached hydrogen (secondary N) is 2. The van der Waals surface area contributed by atoms with Gasteiger partial charge >= 0.3 is 0 Å². The Balaban J connectivity index is 2.01. The summed E-state index contributed by atoms with van der Waals surface area (Å²) in [5.74, 6) is -0.0847. The molecule has 1 rings (SSSR count). The molecule has 1 amide bonds. The zero-order valence-corrected chi connectivity index (χ0v) is 9.82. The molecule has 0 aliphatic heterocycles. The van der Waals surface area contributed by atoms with Crippen LogP contribution < -0.4 is 5.32 Å². The van der Waals surface area contributed by atoms with Crippen LogP contribution in [0.2, 0.25) is 0 Å². The Bertz CT molecular complexity index is 296. The summed E-state index contributed by atoms with van der Waals surface area (Å²) in [6.07, 6.45) is 5.26. The van der Waals surface area contributed by atoms with Gasteiger partial charge in [0.15, 0.2) is 0 Å². The molecule has 0 atom stereocenters. The number of rotatable bonds is 7. The van der Waals surface area contributed by atoms with Crippen molar-refractivity contribution in [1.29, 1.82) is 0 Å². The van der Waals surface area contributed by atoms with Crippen LogP contribution in [0.4, 0.5) is 0 Å². The molecule has 16 heavy (non-hydrogen) atoms. The minimum Gasteiger partial charge on any atom is -0.379 e. The summed E-state index contributed by atoms with van der Waals surface area (Å²) >= 11 is 0. The second-order valence-electron chi connectivity index (χ2n) is 3.87. The molecule has 1 aromatic rings. The highest BCUT2D eigenvalue weighted by atomic mass is 16.5. The highest BCUT2D eigenvalue weighted by molar-refractivity contribution is 5.93. The van der Waals surface area contributed by atoms with Gasteiger partial charge in [-0.2, -0.15) is 5.10 Å². The second-order valence-corrected chi connectivity index (χ2v) is 3.87. The van der Waals surface area contributed by atoms with E-state index in [4.69, 9.17) is 4.74 Å². The number of hydrogen-bond acceptors (Lipinski definition) is 3. The van der Waals surface area contributed by atoms with Gasteiger partial charge < -0.3 is 10.1 Å². The van der Waals surface area contributed by atoms with E-state index in [1.807, 2.05) is 13.8 Å². The first-order valence-electron chi connectivity index (χ1n) is 5.58. The van der Waals surface area contributed by atoms with E-state index >= 15 is 0 Å². The average Bonchev–Trinajstić information content (AvgIpc) is 2.75. The van der Waals surface area contributed by atoms with Gasteiger partial charge in [0.05, 0.1) is 17.9 Å². The largest absolute Gasteiger partial charge is 0.379 e. The molecule has 1 heterocycles. The summed E-state index contributed by atoms with van der Waals surface area (Å²) in [5, 5.41) is 9.14. The lowest BCUT2D eigenvalue weighted by Crippen LogP contribution is -2.24. The Labute approximate surface area is 95.6 Å². The molecule has 0 aliphatic carbocycles. The zero-order valence-electron chi connectivity index (χ0n) is 9.82. The maximum atomic E-state index is 11.4. The van der Waals surface area contributed by atoms with Gasteiger partial charge in [0.1, 0.15) is 0 Å². The molecule has 2 N–H and O–H groups in total. The van der Waals surface area contributed by atoms with E-state index < -0.39 is 0 Å². The topological polar surface area (TPSA) is 67.0 Å². The fraction of sp³-hybridized carbons (Fsp3) is 0.636. The van der Waals surface area contributed by atoms with E-state index in [0.717, 1.165) is 19.4 Å². The molecule has 0 unspecified atom stereocenters. The van der Waals surface area contributed by atoms with Crippen LogP contribution >= 0.6 is 0 Å². The van der Waals surface area contributed by atoms with Crippen molar-refractivity contribution in [2.75, 3.05) is 13.2 Å². The third-order valence-corrected chi connectivity index (χ3v) is 2.07. The minimum atomic E-state index is -0.0847. The van der Waals surface area contributed by atoms with Gasteiger partial charge in [0.25, 0.3) is 5.91 Å². The predicted octanol–water partition coefficient (Wildman–Crippen LogP) is 1.34. The van der Waals surface area contributed by atoms with Gasteiger partial charge in [-0.3, -0.25) is 9.89 Å². The molecule has 5 heteroatoms. The molecule has 5 nitrogen and oxygen atoms in total. The van der Waals surface area contributed by atoms with Crippen molar-refractivity contribution in [3.8, 4) is 0 Å². The molecule has 0 saturated carbocycles. The van der Waals surface area contributed by atoms with Crippen molar-refractivity contribution in [2.45, 2.75) is 32.8 Å². The Morgan fingerprint density at radius 2 is 2.38 bits per heavy atom. The molecule has 90 valence electrons. The van der Waals surface area contributed by atoms with Crippen LogP contribution in [0.5, 0.6) is 0 Å². The van der Waals surface area contributed by atoms with Gasteiger partial charge in [-0.05, 0) is 26.7 Å². The molecule has 1 aromatic heterocycles. The Kier molecular flexibility index (Phi) is 5.56. The quantitative estimate of drug-likeness (QED) is 0.688. The first-order valence-corrected chi connectivity index (χ1v) is 5.58. The monoisotopic (exact) mass is 225 g/mol. The molecule has 0 aromatic carbocycles. The maximum Gasteiger partial charge on any atom is 0.254 e. The molecular formula is C11H19N3O2. The number of amides is 1. The van der Waals surface area contributed by atoms with Crippen LogP contribution in [0.1, 0.15) is 37.0 Å². The third-order valence-electron chi connectivity index (χ3n) is 2.07. The Morgan fingerprint density at radius 1 is 1.56 bits per heavy atom. The van der Waals surface area contributed by atoms with Crippen LogP contribution in [0.25, 0.3) is 0 Å². The summed E-state index contributed by atoms with van der Waals surface area (Å²) in [7, 11) is 0. The van der Waals surface area contributed by atoms with Gasteiger partial charge in [-0.15, -0.1) is 0 Å². The first-order chi connectivity index (χ1) is 7.70. The van der Waals surface area contributed by atoms with Crippen LogP contribution in [0.3, 0.4) is 0 Å². The summed E-state index contributed by atoms with van der Waals surface area (Å²) in [6, 6.07) is 0. The second kappa shape index (κ2) is 7.00. The number of nitrogens with zero attached hydrogens (tertiary/aromatic N) is 1. The standard InChI is InChI=1S/C11H19N3O2/c1-9(2)16-6-4-3-5-12-11(15)10-7-13-14-8-10/h7-9H,3-6H2,1-2H3,(H,12,15)(H,13,14). The lowest BCUT2D eigenvalue weighted by atomic mass is 10.3. The van der Waals surface area contributed by atoms with Crippen molar-refractivity contribution in [1.82, 2.24) is 15.5 Å². The molecule has 0 spiro atoms. The number of aromatic amines is 1. The number of ether oxygens (including phenoxy) is 1. The SMILES string of the molecule is CC(C)OCCCCNC(=O)c1cn[nH]c1. The lowest BCUT2D eigenvalue weighted by Gasteiger charge is -2.07. The number of aromatic nitrogens is 2. The molecule has 0 aliphatic rings. The molecule has 0 radical (unpaired) electrons. The van der Waals surface area contributed by atoms with E-state index in [2.05, 4.69) is 15.5 Å². The van der Waals surface area contributed by atoms with Crippen LogP contribution in [0.15, 0.2) is 12.4 Å². The normalized spacial score (nSPS) is 10.7. The maximum absolute atomic E-state index is 11.4.